The van der Waals surface area contributed by atoms with Crippen molar-refractivity contribution < 1.29 is 14.5 Å². The summed E-state index contributed by atoms with van der Waals surface area (Å²) in [6.07, 6.45) is 1.57. The number of carbonyl (C=O) groups excluding carboxylic acids is 2. The first-order chi connectivity index (χ1) is 16.5. The highest BCUT2D eigenvalue weighted by molar-refractivity contribution is 6.04. The summed E-state index contributed by atoms with van der Waals surface area (Å²) in [5.41, 5.74) is 7.02. The van der Waals surface area contributed by atoms with Crippen LogP contribution in [0.15, 0.2) is 85.1 Å². The van der Waals surface area contributed by atoms with E-state index in [0.29, 0.717) is 11.4 Å². The lowest BCUT2D eigenvalue weighted by atomic mass is 10.1. The second-order valence-electron chi connectivity index (χ2n) is 7.18. The summed E-state index contributed by atoms with van der Waals surface area (Å²) in [5.74, 6) is -1.30. The zero-order valence-corrected chi connectivity index (χ0v) is 18.1. The molecule has 170 valence electrons. The number of benzene rings is 3. The predicted molar refractivity (Wildman–Crippen MR) is 127 cm³/mol. The first-order valence-corrected chi connectivity index (χ1v) is 10.3. The summed E-state index contributed by atoms with van der Waals surface area (Å²) in [6.45, 7) is 0. The average Bonchev–Trinajstić information content (AvgIpc) is 3.33. The van der Waals surface area contributed by atoms with Crippen molar-refractivity contribution in [3.05, 3.63) is 106 Å². The van der Waals surface area contributed by atoms with Crippen molar-refractivity contribution in [3.8, 4) is 16.9 Å². The number of nitro benzene ring substituents is 1. The summed E-state index contributed by atoms with van der Waals surface area (Å²) >= 11 is 0. The fraction of sp³-hybridized carbons (Fsp3) is 0.0417. The molecule has 0 atom stereocenters. The summed E-state index contributed by atoms with van der Waals surface area (Å²) in [5, 5.41) is 18.5. The number of amides is 2. The number of rotatable bonds is 6. The smallest absolute Gasteiger partial charge is 0.273 e. The van der Waals surface area contributed by atoms with Gasteiger partial charge in [0, 0.05) is 36.6 Å². The van der Waals surface area contributed by atoms with Crippen LogP contribution in [0.4, 0.5) is 11.4 Å². The summed E-state index contributed by atoms with van der Waals surface area (Å²) < 4.78 is 1.58. The van der Waals surface area contributed by atoms with Crippen molar-refractivity contribution in [2.45, 2.75) is 0 Å². The third-order valence-corrected chi connectivity index (χ3v) is 5.04. The van der Waals surface area contributed by atoms with E-state index in [4.69, 9.17) is 0 Å². The minimum Gasteiger partial charge on any atom is -0.387 e. The molecule has 0 bridgehead atoms. The summed E-state index contributed by atoms with van der Waals surface area (Å²) in [6, 6.07) is 22.3. The molecule has 0 saturated heterocycles. The Balaban J connectivity index is 1.61. The van der Waals surface area contributed by atoms with E-state index in [0.717, 1.165) is 17.3 Å². The molecule has 0 aliphatic heterocycles. The van der Waals surface area contributed by atoms with Crippen LogP contribution in [-0.4, -0.2) is 33.6 Å². The highest BCUT2D eigenvalue weighted by atomic mass is 16.6. The molecule has 0 aliphatic rings. The Morgan fingerprint density at radius 2 is 1.50 bits per heavy atom. The number of aromatic nitrogens is 2. The van der Waals surface area contributed by atoms with Crippen molar-refractivity contribution in [1.29, 1.82) is 0 Å². The van der Waals surface area contributed by atoms with Crippen LogP contribution in [-0.2, 0) is 0 Å². The first-order valence-electron chi connectivity index (χ1n) is 10.3. The standard InChI is InChI=1S/C24H20N6O4/c1-25-21-13-12-18(30(33)34)14-19(21)23(31)26-27-24(32)20-15-29(17-10-6-3-7-11-17)28-22(20)16-8-4-2-5-9-16/h2-15,25H,1H3,(H,26,31)(H,27,32). The molecular weight excluding hydrogens is 436 g/mol. The number of nitrogens with zero attached hydrogens (tertiary/aromatic N) is 3. The van der Waals surface area contributed by atoms with Crippen molar-refractivity contribution in [2.24, 2.45) is 0 Å². The summed E-state index contributed by atoms with van der Waals surface area (Å²) in [7, 11) is 1.58. The predicted octanol–water partition coefficient (Wildman–Crippen LogP) is 3.56. The van der Waals surface area contributed by atoms with Gasteiger partial charge >= 0.3 is 0 Å². The fourth-order valence-corrected chi connectivity index (χ4v) is 3.36. The van der Waals surface area contributed by atoms with Crippen LogP contribution in [0.25, 0.3) is 16.9 Å². The van der Waals surface area contributed by atoms with Crippen LogP contribution in [0.5, 0.6) is 0 Å². The van der Waals surface area contributed by atoms with Gasteiger partial charge in [-0.3, -0.25) is 30.6 Å². The Hall–Kier alpha value is -4.99. The normalized spacial score (nSPS) is 10.4. The number of nitrogens with one attached hydrogen (secondary N) is 3. The minimum atomic E-state index is -0.710. The van der Waals surface area contributed by atoms with Crippen LogP contribution < -0.4 is 16.2 Å². The minimum absolute atomic E-state index is 0.0141. The lowest BCUT2D eigenvalue weighted by Crippen LogP contribution is -2.42. The lowest BCUT2D eigenvalue weighted by Gasteiger charge is -2.11. The Bertz CT molecular complexity index is 1350. The first kappa shape index (κ1) is 22.2. The highest BCUT2D eigenvalue weighted by Crippen LogP contribution is 2.24. The van der Waals surface area contributed by atoms with Gasteiger partial charge in [-0.1, -0.05) is 48.5 Å². The molecular formula is C24H20N6O4. The van der Waals surface area contributed by atoms with Crippen molar-refractivity contribution in [3.63, 3.8) is 0 Å². The van der Waals surface area contributed by atoms with E-state index in [1.165, 1.54) is 12.1 Å². The molecule has 1 heterocycles. The van der Waals surface area contributed by atoms with E-state index in [1.54, 1.807) is 17.9 Å². The molecule has 4 aromatic rings. The van der Waals surface area contributed by atoms with E-state index in [9.17, 15) is 19.7 Å². The third-order valence-electron chi connectivity index (χ3n) is 5.04. The van der Waals surface area contributed by atoms with E-state index in [2.05, 4.69) is 21.3 Å². The zero-order chi connectivity index (χ0) is 24.1. The topological polar surface area (TPSA) is 131 Å². The Morgan fingerprint density at radius 1 is 0.882 bits per heavy atom. The van der Waals surface area contributed by atoms with Gasteiger partial charge in [-0.15, -0.1) is 0 Å². The number of hydrogen-bond acceptors (Lipinski definition) is 6. The number of anilines is 1. The van der Waals surface area contributed by atoms with Crippen LogP contribution >= 0.6 is 0 Å². The van der Waals surface area contributed by atoms with Gasteiger partial charge in [0.1, 0.15) is 5.69 Å². The molecule has 3 N–H and O–H groups in total. The number of non-ortho nitro benzene ring substituents is 1. The van der Waals surface area contributed by atoms with Gasteiger partial charge in [-0.25, -0.2) is 4.68 Å². The monoisotopic (exact) mass is 456 g/mol. The lowest BCUT2D eigenvalue weighted by molar-refractivity contribution is -0.384. The third kappa shape index (κ3) is 4.60. The Labute approximate surface area is 194 Å². The average molecular weight is 456 g/mol. The van der Waals surface area contributed by atoms with Gasteiger partial charge < -0.3 is 5.32 Å². The highest BCUT2D eigenvalue weighted by Gasteiger charge is 2.21. The van der Waals surface area contributed by atoms with Crippen molar-refractivity contribution in [2.75, 3.05) is 12.4 Å². The van der Waals surface area contributed by atoms with Gasteiger partial charge in [0.15, 0.2) is 0 Å². The van der Waals surface area contributed by atoms with Gasteiger partial charge in [0.2, 0.25) is 0 Å². The molecule has 10 heteroatoms. The Morgan fingerprint density at radius 3 is 2.12 bits per heavy atom. The summed E-state index contributed by atoms with van der Waals surface area (Å²) in [4.78, 5) is 36.2. The number of nitro groups is 1. The molecule has 0 aliphatic carbocycles. The molecule has 3 aromatic carbocycles. The fourth-order valence-electron chi connectivity index (χ4n) is 3.36. The van der Waals surface area contributed by atoms with Gasteiger partial charge in [-0.05, 0) is 18.2 Å². The largest absolute Gasteiger partial charge is 0.387 e. The van der Waals surface area contributed by atoms with Crippen LogP contribution in [0.2, 0.25) is 0 Å². The molecule has 0 radical (unpaired) electrons. The quantitative estimate of drug-likeness (QED) is 0.300. The molecule has 0 fully saturated rings. The second kappa shape index (κ2) is 9.65. The van der Waals surface area contributed by atoms with Crippen molar-refractivity contribution in [1.82, 2.24) is 20.6 Å². The second-order valence-corrected chi connectivity index (χ2v) is 7.18. The molecule has 1 aromatic heterocycles. The Kier molecular flexibility index (Phi) is 6.31. The van der Waals surface area contributed by atoms with E-state index in [1.807, 2.05) is 60.7 Å². The molecule has 0 unspecified atom stereocenters. The molecule has 4 rings (SSSR count). The molecule has 10 nitrogen and oxygen atoms in total. The van der Waals surface area contributed by atoms with Gasteiger partial charge in [-0.2, -0.15) is 5.10 Å². The van der Waals surface area contributed by atoms with E-state index >= 15 is 0 Å². The maximum atomic E-state index is 13.0. The molecule has 0 saturated carbocycles. The molecule has 0 spiro atoms. The number of hydrazine groups is 1. The SMILES string of the molecule is CNc1ccc([N+](=O)[O-])cc1C(=O)NNC(=O)c1cn(-c2ccccc2)nc1-c1ccccc1. The van der Waals surface area contributed by atoms with Gasteiger partial charge in [0.25, 0.3) is 17.5 Å². The molecule has 2 amide bonds. The zero-order valence-electron chi connectivity index (χ0n) is 18.1. The number of hydrogen-bond donors (Lipinski definition) is 3. The maximum absolute atomic E-state index is 13.0. The van der Waals surface area contributed by atoms with Crippen LogP contribution in [0, 0.1) is 10.1 Å². The van der Waals surface area contributed by atoms with E-state index < -0.39 is 16.7 Å². The van der Waals surface area contributed by atoms with Crippen LogP contribution in [0.3, 0.4) is 0 Å². The molecule has 34 heavy (non-hydrogen) atoms. The van der Waals surface area contributed by atoms with Crippen LogP contribution in [0.1, 0.15) is 20.7 Å². The van der Waals surface area contributed by atoms with Crippen molar-refractivity contribution >= 4 is 23.2 Å². The maximum Gasteiger partial charge on any atom is 0.273 e. The number of carbonyl (C=O) groups is 2. The van der Waals surface area contributed by atoms with E-state index in [-0.39, 0.29) is 16.8 Å². The van der Waals surface area contributed by atoms with Gasteiger partial charge in [0.05, 0.1) is 21.7 Å². The number of para-hydroxylation sites is 1.